The number of amides is 1. The van der Waals surface area contributed by atoms with Crippen molar-refractivity contribution < 1.29 is 14.8 Å². The first-order valence-corrected chi connectivity index (χ1v) is 7.23. The lowest BCUT2D eigenvalue weighted by Crippen LogP contribution is -2.33. The maximum atomic E-state index is 12.4. The third kappa shape index (κ3) is 4.14. The fraction of sp³-hybridized carbons (Fsp3) is 0.235. The fourth-order valence-corrected chi connectivity index (χ4v) is 2.28. The molecule has 1 amide bonds. The minimum atomic E-state index is -0.562. The number of carbonyl (C=O) groups excluding carboxylic acids is 1. The maximum Gasteiger partial charge on any atom is 0.269 e. The van der Waals surface area contributed by atoms with Gasteiger partial charge in [0, 0.05) is 12.1 Å². The summed E-state index contributed by atoms with van der Waals surface area (Å²) in [5, 5.41) is 23.1. The van der Waals surface area contributed by atoms with E-state index < -0.39 is 16.9 Å². The van der Waals surface area contributed by atoms with E-state index in [0.29, 0.717) is 5.56 Å². The summed E-state index contributed by atoms with van der Waals surface area (Å²) >= 11 is 0. The Hall–Kier alpha value is -2.73. The molecule has 0 aliphatic rings. The molecule has 6 heteroatoms. The van der Waals surface area contributed by atoms with Crippen LogP contribution in [0.15, 0.2) is 54.6 Å². The van der Waals surface area contributed by atoms with Gasteiger partial charge in [0.2, 0.25) is 5.91 Å². The molecular formula is C17H18N2O4. The van der Waals surface area contributed by atoms with Crippen LogP contribution in [0.2, 0.25) is 0 Å². The van der Waals surface area contributed by atoms with Crippen molar-refractivity contribution in [2.24, 2.45) is 0 Å². The number of carbonyl (C=O) groups is 1. The Bertz CT molecular complexity index is 688. The van der Waals surface area contributed by atoms with Crippen LogP contribution in [-0.4, -0.2) is 22.5 Å². The van der Waals surface area contributed by atoms with E-state index in [9.17, 15) is 20.0 Å². The molecule has 0 saturated heterocycles. The number of nitrogens with zero attached hydrogens (tertiary/aromatic N) is 1. The molecule has 0 aliphatic heterocycles. The Kier molecular flexibility index (Phi) is 5.43. The van der Waals surface area contributed by atoms with Crippen LogP contribution in [0.4, 0.5) is 5.69 Å². The molecule has 0 spiro atoms. The summed E-state index contributed by atoms with van der Waals surface area (Å²) in [6.07, 6.45) is 0. The molecule has 0 radical (unpaired) electrons. The first-order valence-electron chi connectivity index (χ1n) is 7.23. The number of aliphatic hydroxyl groups excluding tert-OH is 1. The number of benzene rings is 2. The zero-order chi connectivity index (χ0) is 16.8. The number of non-ortho nitro benzene ring substituents is 1. The number of nitro groups is 1. The molecule has 0 saturated carbocycles. The molecule has 23 heavy (non-hydrogen) atoms. The van der Waals surface area contributed by atoms with Crippen molar-refractivity contribution in [3.8, 4) is 0 Å². The number of hydrogen-bond donors (Lipinski definition) is 2. The molecule has 0 unspecified atom stereocenters. The van der Waals surface area contributed by atoms with Crippen molar-refractivity contribution in [1.82, 2.24) is 5.32 Å². The Balaban J connectivity index is 2.13. The van der Waals surface area contributed by atoms with E-state index in [1.165, 1.54) is 12.1 Å². The molecule has 2 aromatic carbocycles. The molecule has 2 atom stereocenters. The SMILES string of the molecule is C[C@@H](C(=O)N[C@@H](CO)c1ccccc1)c1cccc([N+](=O)[O-])c1. The second-order valence-electron chi connectivity index (χ2n) is 5.23. The number of nitrogens with one attached hydrogen (secondary N) is 1. The molecule has 0 heterocycles. The molecular weight excluding hydrogens is 296 g/mol. The van der Waals surface area contributed by atoms with Crippen LogP contribution >= 0.6 is 0 Å². The van der Waals surface area contributed by atoms with Gasteiger partial charge >= 0.3 is 0 Å². The van der Waals surface area contributed by atoms with Crippen molar-refractivity contribution in [1.29, 1.82) is 0 Å². The van der Waals surface area contributed by atoms with Crippen LogP contribution < -0.4 is 5.32 Å². The first-order chi connectivity index (χ1) is 11.0. The molecule has 6 nitrogen and oxygen atoms in total. The van der Waals surface area contributed by atoms with E-state index >= 15 is 0 Å². The van der Waals surface area contributed by atoms with E-state index in [1.807, 2.05) is 30.3 Å². The highest BCUT2D eigenvalue weighted by Crippen LogP contribution is 2.22. The van der Waals surface area contributed by atoms with Crippen molar-refractivity contribution in [2.75, 3.05) is 6.61 Å². The number of nitro benzene ring substituents is 1. The van der Waals surface area contributed by atoms with Crippen LogP contribution in [0.3, 0.4) is 0 Å². The quantitative estimate of drug-likeness (QED) is 0.633. The van der Waals surface area contributed by atoms with Gasteiger partial charge in [-0.2, -0.15) is 0 Å². The van der Waals surface area contributed by atoms with Gasteiger partial charge in [-0.05, 0) is 18.1 Å². The highest BCUT2D eigenvalue weighted by molar-refractivity contribution is 5.83. The zero-order valence-electron chi connectivity index (χ0n) is 12.7. The Morgan fingerprint density at radius 3 is 2.43 bits per heavy atom. The Morgan fingerprint density at radius 2 is 1.83 bits per heavy atom. The molecule has 2 rings (SSSR count). The van der Waals surface area contributed by atoms with Crippen LogP contribution in [0.5, 0.6) is 0 Å². The van der Waals surface area contributed by atoms with Crippen molar-refractivity contribution in [2.45, 2.75) is 18.9 Å². The van der Waals surface area contributed by atoms with E-state index in [0.717, 1.165) is 5.56 Å². The second-order valence-corrected chi connectivity index (χ2v) is 5.23. The van der Waals surface area contributed by atoms with E-state index in [2.05, 4.69) is 5.32 Å². The van der Waals surface area contributed by atoms with Gasteiger partial charge in [0.1, 0.15) is 0 Å². The number of rotatable bonds is 6. The molecule has 120 valence electrons. The van der Waals surface area contributed by atoms with Crippen LogP contribution in [0, 0.1) is 10.1 Å². The van der Waals surface area contributed by atoms with E-state index in [1.54, 1.807) is 19.1 Å². The fourth-order valence-electron chi connectivity index (χ4n) is 2.28. The summed E-state index contributed by atoms with van der Waals surface area (Å²) in [4.78, 5) is 22.7. The highest BCUT2D eigenvalue weighted by Gasteiger charge is 2.21. The van der Waals surface area contributed by atoms with E-state index in [-0.39, 0.29) is 18.2 Å². The van der Waals surface area contributed by atoms with Gasteiger partial charge in [-0.1, -0.05) is 42.5 Å². The van der Waals surface area contributed by atoms with Crippen LogP contribution in [0.25, 0.3) is 0 Å². The van der Waals surface area contributed by atoms with Gasteiger partial charge in [0.25, 0.3) is 5.69 Å². The smallest absolute Gasteiger partial charge is 0.269 e. The summed E-state index contributed by atoms with van der Waals surface area (Å²) in [5.41, 5.74) is 1.31. The van der Waals surface area contributed by atoms with Crippen molar-refractivity contribution in [3.63, 3.8) is 0 Å². The molecule has 0 aromatic heterocycles. The van der Waals surface area contributed by atoms with Gasteiger partial charge in [-0.15, -0.1) is 0 Å². The lowest BCUT2D eigenvalue weighted by atomic mass is 9.98. The van der Waals surface area contributed by atoms with Crippen molar-refractivity contribution >= 4 is 11.6 Å². The first kappa shape index (κ1) is 16.6. The van der Waals surface area contributed by atoms with Crippen LogP contribution in [0.1, 0.15) is 30.0 Å². The largest absolute Gasteiger partial charge is 0.394 e. The second kappa shape index (κ2) is 7.51. The molecule has 2 aromatic rings. The summed E-state index contributed by atoms with van der Waals surface area (Å²) in [6.45, 7) is 1.45. The minimum absolute atomic E-state index is 0.0519. The third-order valence-corrected chi connectivity index (χ3v) is 3.68. The molecule has 0 bridgehead atoms. The van der Waals surface area contributed by atoms with Gasteiger partial charge in [0.05, 0.1) is 23.5 Å². The normalized spacial score (nSPS) is 13.1. The zero-order valence-corrected chi connectivity index (χ0v) is 12.7. The van der Waals surface area contributed by atoms with E-state index in [4.69, 9.17) is 0 Å². The Morgan fingerprint density at radius 1 is 1.17 bits per heavy atom. The minimum Gasteiger partial charge on any atom is -0.394 e. The topological polar surface area (TPSA) is 92.5 Å². The Labute approximate surface area is 133 Å². The van der Waals surface area contributed by atoms with Gasteiger partial charge < -0.3 is 10.4 Å². The summed E-state index contributed by atoms with van der Waals surface area (Å²) in [5.74, 6) is -0.860. The lowest BCUT2D eigenvalue weighted by Gasteiger charge is -2.20. The standard InChI is InChI=1S/C17H18N2O4/c1-12(14-8-5-9-15(10-14)19(22)23)17(21)18-16(11-20)13-6-3-2-4-7-13/h2-10,12,16,20H,11H2,1H3,(H,18,21)/t12-,16+/m1/s1. The van der Waals surface area contributed by atoms with Gasteiger partial charge in [0.15, 0.2) is 0 Å². The lowest BCUT2D eigenvalue weighted by molar-refractivity contribution is -0.384. The predicted molar refractivity (Wildman–Crippen MR) is 85.9 cm³/mol. The monoisotopic (exact) mass is 314 g/mol. The van der Waals surface area contributed by atoms with Gasteiger partial charge in [-0.25, -0.2) is 0 Å². The summed E-state index contributed by atoms with van der Waals surface area (Å²) < 4.78 is 0. The summed E-state index contributed by atoms with van der Waals surface area (Å²) in [6, 6.07) is 14.6. The van der Waals surface area contributed by atoms with Gasteiger partial charge in [-0.3, -0.25) is 14.9 Å². The molecule has 0 aliphatic carbocycles. The average Bonchev–Trinajstić information content (AvgIpc) is 2.59. The molecule has 0 fully saturated rings. The third-order valence-electron chi connectivity index (χ3n) is 3.68. The van der Waals surface area contributed by atoms with Crippen molar-refractivity contribution in [3.05, 3.63) is 75.8 Å². The average molecular weight is 314 g/mol. The van der Waals surface area contributed by atoms with Crippen LogP contribution in [-0.2, 0) is 4.79 Å². The number of hydrogen-bond acceptors (Lipinski definition) is 4. The maximum absolute atomic E-state index is 12.4. The highest BCUT2D eigenvalue weighted by atomic mass is 16.6. The summed E-state index contributed by atoms with van der Waals surface area (Å²) in [7, 11) is 0. The molecule has 2 N–H and O–H groups in total. The number of aliphatic hydroxyl groups is 1. The predicted octanol–water partition coefficient (Wildman–Crippen LogP) is 2.55.